The first-order valence-electron chi connectivity index (χ1n) is 6.94. The van der Waals surface area contributed by atoms with Gasteiger partial charge in [-0.1, -0.05) is 53.5 Å². The minimum atomic E-state index is -0.672. The molecule has 0 saturated heterocycles. The van der Waals surface area contributed by atoms with Crippen molar-refractivity contribution in [1.82, 2.24) is 5.32 Å². The first kappa shape index (κ1) is 17.3. The van der Waals surface area contributed by atoms with Gasteiger partial charge in [0, 0.05) is 5.02 Å². The third kappa shape index (κ3) is 4.98. The molecule has 4 nitrogen and oxygen atoms in total. The highest BCUT2D eigenvalue weighted by Crippen LogP contribution is 2.21. The molecule has 0 spiro atoms. The lowest BCUT2D eigenvalue weighted by Crippen LogP contribution is -2.31. The predicted octanol–water partition coefficient (Wildman–Crippen LogP) is 4.03. The highest BCUT2D eigenvalue weighted by atomic mass is 35.5. The second kappa shape index (κ2) is 7.99. The number of ether oxygens (including phenoxy) is 1. The van der Waals surface area contributed by atoms with Gasteiger partial charge in [-0.05, 0) is 30.7 Å². The Morgan fingerprint density at radius 2 is 1.83 bits per heavy atom. The fraction of sp³-hybridized carbons (Fsp3) is 0.176. The molecule has 120 valence electrons. The van der Waals surface area contributed by atoms with Crippen molar-refractivity contribution in [3.8, 4) is 0 Å². The van der Waals surface area contributed by atoms with Gasteiger partial charge in [-0.25, -0.2) is 4.79 Å². The lowest BCUT2D eigenvalue weighted by atomic mass is 10.1. The first-order valence-corrected chi connectivity index (χ1v) is 7.69. The third-order valence-corrected chi connectivity index (χ3v) is 3.71. The van der Waals surface area contributed by atoms with E-state index in [1.807, 2.05) is 37.3 Å². The molecule has 23 heavy (non-hydrogen) atoms. The molecule has 0 heterocycles. The number of hydrogen-bond donors (Lipinski definition) is 1. The average Bonchev–Trinajstić information content (AvgIpc) is 2.53. The van der Waals surface area contributed by atoms with Crippen LogP contribution in [-0.4, -0.2) is 18.5 Å². The van der Waals surface area contributed by atoms with Crippen molar-refractivity contribution in [2.24, 2.45) is 0 Å². The standard InChI is InChI=1S/C17H15Cl2NO3/c1-11(12-5-3-2-4-6-12)20-16(21)10-23-17(22)14-8-7-13(18)9-15(14)19/h2-9,11H,10H2,1H3,(H,20,21). The second-order valence-electron chi connectivity index (χ2n) is 4.90. The Labute approximate surface area is 144 Å². The van der Waals surface area contributed by atoms with Crippen molar-refractivity contribution >= 4 is 35.1 Å². The summed E-state index contributed by atoms with van der Waals surface area (Å²) >= 11 is 11.7. The van der Waals surface area contributed by atoms with E-state index in [1.165, 1.54) is 18.2 Å². The molecular formula is C17H15Cl2NO3. The van der Waals surface area contributed by atoms with Crippen molar-refractivity contribution in [2.45, 2.75) is 13.0 Å². The van der Waals surface area contributed by atoms with Crippen LogP contribution < -0.4 is 5.32 Å². The summed E-state index contributed by atoms with van der Waals surface area (Å²) in [5.41, 5.74) is 1.13. The van der Waals surface area contributed by atoms with Crippen LogP contribution in [0.15, 0.2) is 48.5 Å². The van der Waals surface area contributed by atoms with Crippen molar-refractivity contribution < 1.29 is 14.3 Å². The van der Waals surface area contributed by atoms with Gasteiger partial charge < -0.3 is 10.1 Å². The van der Waals surface area contributed by atoms with Crippen LogP contribution >= 0.6 is 23.2 Å². The number of carbonyl (C=O) groups excluding carboxylic acids is 2. The van der Waals surface area contributed by atoms with Crippen LogP contribution in [0.2, 0.25) is 10.0 Å². The van der Waals surface area contributed by atoms with Crippen molar-refractivity contribution in [2.75, 3.05) is 6.61 Å². The predicted molar refractivity (Wildman–Crippen MR) is 89.7 cm³/mol. The molecule has 2 rings (SSSR count). The average molecular weight is 352 g/mol. The molecule has 2 aromatic rings. The van der Waals surface area contributed by atoms with Gasteiger partial charge in [0.05, 0.1) is 16.6 Å². The number of esters is 1. The smallest absolute Gasteiger partial charge is 0.340 e. The van der Waals surface area contributed by atoms with Gasteiger partial charge in [-0.2, -0.15) is 0 Å². The van der Waals surface area contributed by atoms with E-state index < -0.39 is 5.97 Å². The number of amides is 1. The summed E-state index contributed by atoms with van der Waals surface area (Å²) in [7, 11) is 0. The van der Waals surface area contributed by atoms with E-state index in [1.54, 1.807) is 0 Å². The topological polar surface area (TPSA) is 55.4 Å². The zero-order valence-electron chi connectivity index (χ0n) is 12.4. The molecule has 1 unspecified atom stereocenters. The Bertz CT molecular complexity index is 704. The SMILES string of the molecule is CC(NC(=O)COC(=O)c1ccc(Cl)cc1Cl)c1ccccc1. The van der Waals surface area contributed by atoms with E-state index in [9.17, 15) is 9.59 Å². The quantitative estimate of drug-likeness (QED) is 0.827. The highest BCUT2D eigenvalue weighted by Gasteiger charge is 2.15. The normalized spacial score (nSPS) is 11.6. The molecule has 0 aliphatic carbocycles. The number of nitrogens with one attached hydrogen (secondary N) is 1. The fourth-order valence-corrected chi connectivity index (χ4v) is 2.46. The summed E-state index contributed by atoms with van der Waals surface area (Å²) in [6.45, 7) is 1.47. The minimum Gasteiger partial charge on any atom is -0.452 e. The molecule has 0 bridgehead atoms. The Balaban J connectivity index is 1.88. The van der Waals surface area contributed by atoms with E-state index >= 15 is 0 Å². The van der Waals surface area contributed by atoms with E-state index in [0.717, 1.165) is 5.56 Å². The maximum absolute atomic E-state index is 11.9. The molecule has 0 fully saturated rings. The zero-order valence-corrected chi connectivity index (χ0v) is 13.9. The Morgan fingerprint density at radius 3 is 2.48 bits per heavy atom. The van der Waals surface area contributed by atoms with Crippen LogP contribution in [0.5, 0.6) is 0 Å². The third-order valence-electron chi connectivity index (χ3n) is 3.16. The van der Waals surface area contributed by atoms with Crippen molar-refractivity contribution in [3.05, 3.63) is 69.7 Å². The van der Waals surface area contributed by atoms with Gasteiger partial charge in [0.15, 0.2) is 6.61 Å². The Kier molecular flexibility index (Phi) is 6.02. The van der Waals surface area contributed by atoms with Gasteiger partial charge in [-0.3, -0.25) is 4.79 Å². The zero-order chi connectivity index (χ0) is 16.8. The molecule has 1 atom stereocenters. The number of carbonyl (C=O) groups is 2. The molecule has 0 aliphatic rings. The number of hydrogen-bond acceptors (Lipinski definition) is 3. The lowest BCUT2D eigenvalue weighted by molar-refractivity contribution is -0.124. The van der Waals surface area contributed by atoms with Gasteiger partial charge in [0.25, 0.3) is 5.91 Å². The summed E-state index contributed by atoms with van der Waals surface area (Å²) in [5.74, 6) is -1.06. The monoisotopic (exact) mass is 351 g/mol. The summed E-state index contributed by atoms with van der Waals surface area (Å²) in [4.78, 5) is 23.8. The minimum absolute atomic E-state index is 0.167. The molecule has 0 aromatic heterocycles. The molecule has 6 heteroatoms. The number of halogens is 2. The molecule has 1 N–H and O–H groups in total. The van der Waals surface area contributed by atoms with Gasteiger partial charge in [0.1, 0.15) is 0 Å². The molecule has 2 aromatic carbocycles. The number of rotatable bonds is 5. The molecule has 0 aliphatic heterocycles. The first-order chi connectivity index (χ1) is 11.0. The Hall–Kier alpha value is -2.04. The van der Waals surface area contributed by atoms with Crippen LogP contribution in [0.1, 0.15) is 28.9 Å². The van der Waals surface area contributed by atoms with Gasteiger partial charge >= 0.3 is 5.97 Å². The number of benzene rings is 2. The molecule has 0 saturated carbocycles. The van der Waals surface area contributed by atoms with E-state index in [-0.39, 0.29) is 29.1 Å². The summed E-state index contributed by atoms with van der Waals surface area (Å²) in [5, 5.41) is 3.36. The summed E-state index contributed by atoms with van der Waals surface area (Å²) < 4.78 is 4.97. The van der Waals surface area contributed by atoms with Gasteiger partial charge in [0.2, 0.25) is 0 Å². The molecule has 1 amide bonds. The van der Waals surface area contributed by atoms with Crippen LogP contribution in [-0.2, 0) is 9.53 Å². The van der Waals surface area contributed by atoms with Crippen LogP contribution in [0.4, 0.5) is 0 Å². The maximum Gasteiger partial charge on any atom is 0.340 e. The van der Waals surface area contributed by atoms with E-state index in [2.05, 4.69) is 5.32 Å². The van der Waals surface area contributed by atoms with Crippen molar-refractivity contribution in [1.29, 1.82) is 0 Å². The molecular weight excluding hydrogens is 337 g/mol. The van der Waals surface area contributed by atoms with E-state index in [4.69, 9.17) is 27.9 Å². The van der Waals surface area contributed by atoms with Crippen molar-refractivity contribution in [3.63, 3.8) is 0 Å². The van der Waals surface area contributed by atoms with Crippen LogP contribution in [0, 0.1) is 0 Å². The summed E-state index contributed by atoms with van der Waals surface area (Å²) in [6, 6.07) is 13.7. The van der Waals surface area contributed by atoms with Crippen LogP contribution in [0.25, 0.3) is 0 Å². The second-order valence-corrected chi connectivity index (χ2v) is 5.74. The molecule has 0 radical (unpaired) electrons. The summed E-state index contributed by atoms with van der Waals surface area (Å²) in [6.07, 6.45) is 0. The fourth-order valence-electron chi connectivity index (χ4n) is 1.97. The van der Waals surface area contributed by atoms with Gasteiger partial charge in [-0.15, -0.1) is 0 Å². The highest BCUT2D eigenvalue weighted by molar-refractivity contribution is 6.36. The van der Waals surface area contributed by atoms with E-state index in [0.29, 0.717) is 5.02 Å². The lowest BCUT2D eigenvalue weighted by Gasteiger charge is -2.14. The Morgan fingerprint density at radius 1 is 1.13 bits per heavy atom. The largest absolute Gasteiger partial charge is 0.452 e. The maximum atomic E-state index is 11.9. The van der Waals surface area contributed by atoms with Crippen LogP contribution in [0.3, 0.4) is 0 Å².